The van der Waals surface area contributed by atoms with Crippen molar-refractivity contribution in [1.82, 2.24) is 25.6 Å². The van der Waals surface area contributed by atoms with E-state index in [1.807, 2.05) is 24.3 Å². The van der Waals surface area contributed by atoms with Crippen molar-refractivity contribution in [2.24, 2.45) is 0 Å². The SMILES string of the molecule is O=C(NCc1cccc(CO)c1)c1cn(C2CNC2)nn1. The van der Waals surface area contributed by atoms with E-state index in [1.54, 1.807) is 10.9 Å². The molecule has 1 saturated heterocycles. The molecule has 7 nitrogen and oxygen atoms in total. The zero-order valence-electron chi connectivity index (χ0n) is 11.5. The van der Waals surface area contributed by atoms with Crippen LogP contribution >= 0.6 is 0 Å². The summed E-state index contributed by atoms with van der Waals surface area (Å²) in [5, 5.41) is 22.9. The Morgan fingerprint density at radius 2 is 2.24 bits per heavy atom. The maximum Gasteiger partial charge on any atom is 0.273 e. The summed E-state index contributed by atoms with van der Waals surface area (Å²) in [5.74, 6) is -0.247. The van der Waals surface area contributed by atoms with Crippen molar-refractivity contribution in [2.75, 3.05) is 13.1 Å². The van der Waals surface area contributed by atoms with Gasteiger partial charge in [-0.1, -0.05) is 29.5 Å². The number of aliphatic hydroxyl groups excluding tert-OH is 1. The highest BCUT2D eigenvalue weighted by molar-refractivity contribution is 5.91. The molecule has 110 valence electrons. The second kappa shape index (κ2) is 6.02. The molecule has 0 bridgehead atoms. The smallest absolute Gasteiger partial charge is 0.273 e. The average Bonchev–Trinajstić information content (AvgIpc) is 2.92. The highest BCUT2D eigenvalue weighted by atomic mass is 16.3. The van der Waals surface area contributed by atoms with E-state index >= 15 is 0 Å². The van der Waals surface area contributed by atoms with Crippen molar-refractivity contribution in [3.63, 3.8) is 0 Å². The van der Waals surface area contributed by atoms with Gasteiger partial charge in [0.05, 0.1) is 18.8 Å². The van der Waals surface area contributed by atoms with Gasteiger partial charge in [-0.15, -0.1) is 5.10 Å². The number of aromatic nitrogens is 3. The molecule has 2 heterocycles. The van der Waals surface area contributed by atoms with E-state index in [0.29, 0.717) is 18.3 Å². The second-order valence-electron chi connectivity index (χ2n) is 5.06. The maximum atomic E-state index is 12.0. The average molecular weight is 287 g/mol. The number of nitrogens with zero attached hydrogens (tertiary/aromatic N) is 3. The van der Waals surface area contributed by atoms with Gasteiger partial charge in [-0.25, -0.2) is 4.68 Å². The Morgan fingerprint density at radius 1 is 1.43 bits per heavy atom. The van der Waals surface area contributed by atoms with E-state index in [2.05, 4.69) is 20.9 Å². The Morgan fingerprint density at radius 3 is 2.95 bits per heavy atom. The molecule has 1 aliphatic rings. The lowest BCUT2D eigenvalue weighted by Crippen LogP contribution is -2.43. The van der Waals surface area contributed by atoms with E-state index in [1.165, 1.54) is 0 Å². The lowest BCUT2D eigenvalue weighted by Gasteiger charge is -2.26. The Kier molecular flexibility index (Phi) is 3.94. The van der Waals surface area contributed by atoms with Crippen LogP contribution in [0, 0.1) is 0 Å². The summed E-state index contributed by atoms with van der Waals surface area (Å²) in [7, 11) is 0. The summed E-state index contributed by atoms with van der Waals surface area (Å²) in [6.45, 7) is 2.10. The minimum Gasteiger partial charge on any atom is -0.392 e. The number of hydrogen-bond acceptors (Lipinski definition) is 5. The molecule has 0 unspecified atom stereocenters. The molecule has 2 aromatic rings. The molecule has 21 heavy (non-hydrogen) atoms. The molecule has 1 aromatic heterocycles. The molecule has 7 heteroatoms. The Balaban J connectivity index is 1.59. The molecule has 0 radical (unpaired) electrons. The summed E-state index contributed by atoms with van der Waals surface area (Å²) in [6.07, 6.45) is 1.67. The van der Waals surface area contributed by atoms with Crippen molar-refractivity contribution < 1.29 is 9.90 Å². The molecular weight excluding hydrogens is 270 g/mol. The number of benzene rings is 1. The van der Waals surface area contributed by atoms with Crippen LogP contribution in [0.15, 0.2) is 30.5 Å². The summed E-state index contributed by atoms with van der Waals surface area (Å²) in [6, 6.07) is 7.74. The van der Waals surface area contributed by atoms with Gasteiger partial charge in [0.1, 0.15) is 0 Å². The highest BCUT2D eigenvalue weighted by Gasteiger charge is 2.21. The van der Waals surface area contributed by atoms with Gasteiger partial charge < -0.3 is 15.7 Å². The minimum atomic E-state index is -0.247. The van der Waals surface area contributed by atoms with E-state index in [9.17, 15) is 4.79 Å². The zero-order valence-corrected chi connectivity index (χ0v) is 11.5. The third-order valence-corrected chi connectivity index (χ3v) is 3.50. The van der Waals surface area contributed by atoms with Gasteiger partial charge >= 0.3 is 0 Å². The van der Waals surface area contributed by atoms with Gasteiger partial charge in [-0.3, -0.25) is 4.79 Å². The zero-order chi connectivity index (χ0) is 14.7. The van der Waals surface area contributed by atoms with Crippen LogP contribution in [0.2, 0.25) is 0 Å². The molecule has 1 aromatic carbocycles. The predicted molar refractivity (Wildman–Crippen MR) is 75.5 cm³/mol. The number of amides is 1. The molecule has 3 rings (SSSR count). The maximum absolute atomic E-state index is 12.0. The molecule has 1 fully saturated rings. The summed E-state index contributed by atoms with van der Waals surface area (Å²) >= 11 is 0. The van der Waals surface area contributed by atoms with Crippen LogP contribution in [-0.4, -0.2) is 39.1 Å². The lowest BCUT2D eigenvalue weighted by molar-refractivity contribution is 0.0946. The van der Waals surface area contributed by atoms with Gasteiger partial charge in [0, 0.05) is 19.6 Å². The Hall–Kier alpha value is -2.25. The third kappa shape index (κ3) is 3.09. The molecule has 1 aliphatic heterocycles. The molecule has 0 spiro atoms. The van der Waals surface area contributed by atoms with E-state index < -0.39 is 0 Å². The van der Waals surface area contributed by atoms with Crippen molar-refractivity contribution in [1.29, 1.82) is 0 Å². The summed E-state index contributed by atoms with van der Waals surface area (Å²) in [5.41, 5.74) is 2.08. The molecule has 0 aliphatic carbocycles. The predicted octanol–water partition coefficient (Wildman–Crippen LogP) is -0.155. The monoisotopic (exact) mass is 287 g/mol. The molecule has 1 amide bonds. The largest absolute Gasteiger partial charge is 0.392 e. The van der Waals surface area contributed by atoms with Crippen molar-refractivity contribution in [2.45, 2.75) is 19.2 Å². The normalized spacial score (nSPS) is 14.7. The van der Waals surface area contributed by atoms with Crippen LogP contribution in [0.3, 0.4) is 0 Å². The molecule has 0 saturated carbocycles. The van der Waals surface area contributed by atoms with Gasteiger partial charge in [-0.05, 0) is 11.1 Å². The van der Waals surface area contributed by atoms with E-state index in [4.69, 9.17) is 5.11 Å². The number of hydrogen-bond donors (Lipinski definition) is 3. The molecule has 3 N–H and O–H groups in total. The van der Waals surface area contributed by atoms with Crippen LogP contribution in [0.5, 0.6) is 0 Å². The van der Waals surface area contributed by atoms with E-state index in [0.717, 1.165) is 24.2 Å². The number of carbonyl (C=O) groups is 1. The van der Waals surface area contributed by atoms with Crippen LogP contribution in [0.1, 0.15) is 27.7 Å². The van der Waals surface area contributed by atoms with Gasteiger partial charge in [0.25, 0.3) is 5.91 Å². The number of rotatable bonds is 5. The minimum absolute atomic E-state index is 0.00840. The van der Waals surface area contributed by atoms with Crippen molar-refractivity contribution in [3.05, 3.63) is 47.3 Å². The number of carbonyl (C=O) groups excluding carboxylic acids is 1. The molecular formula is C14H17N5O2. The first-order chi connectivity index (χ1) is 10.3. The fraction of sp³-hybridized carbons (Fsp3) is 0.357. The number of nitrogens with one attached hydrogen (secondary N) is 2. The van der Waals surface area contributed by atoms with Gasteiger partial charge in [0.2, 0.25) is 0 Å². The Labute approximate surface area is 122 Å². The first-order valence-electron chi connectivity index (χ1n) is 6.85. The van der Waals surface area contributed by atoms with Crippen molar-refractivity contribution >= 4 is 5.91 Å². The standard InChI is InChI=1S/C14H17N5O2/c20-9-11-3-1-2-10(4-11)5-16-14(21)13-8-19(18-17-13)12-6-15-7-12/h1-4,8,12,15,20H,5-7,9H2,(H,16,21). The number of aliphatic hydroxyl groups is 1. The van der Waals surface area contributed by atoms with Crippen LogP contribution in [-0.2, 0) is 13.2 Å². The summed E-state index contributed by atoms with van der Waals surface area (Å²) in [4.78, 5) is 12.0. The van der Waals surface area contributed by atoms with Gasteiger partial charge in [0.15, 0.2) is 5.69 Å². The molecule has 0 atom stereocenters. The fourth-order valence-corrected chi connectivity index (χ4v) is 2.13. The van der Waals surface area contributed by atoms with E-state index in [-0.39, 0.29) is 12.5 Å². The fourth-order valence-electron chi connectivity index (χ4n) is 2.13. The van der Waals surface area contributed by atoms with Crippen molar-refractivity contribution in [3.8, 4) is 0 Å². The van der Waals surface area contributed by atoms with Gasteiger partial charge in [-0.2, -0.15) is 0 Å². The topological polar surface area (TPSA) is 92.1 Å². The first kappa shape index (κ1) is 13.7. The van der Waals surface area contributed by atoms with Crippen LogP contribution in [0.25, 0.3) is 0 Å². The van der Waals surface area contributed by atoms with Crippen LogP contribution < -0.4 is 10.6 Å². The Bertz CT molecular complexity index is 636. The quantitative estimate of drug-likeness (QED) is 0.711. The lowest BCUT2D eigenvalue weighted by atomic mass is 10.1. The van der Waals surface area contributed by atoms with Crippen LogP contribution in [0.4, 0.5) is 0 Å². The third-order valence-electron chi connectivity index (χ3n) is 3.50. The first-order valence-corrected chi connectivity index (χ1v) is 6.85. The summed E-state index contributed by atoms with van der Waals surface area (Å²) < 4.78 is 1.72. The second-order valence-corrected chi connectivity index (χ2v) is 5.06. The highest BCUT2D eigenvalue weighted by Crippen LogP contribution is 2.10.